The van der Waals surface area contributed by atoms with Crippen LogP contribution in [0.15, 0.2) is 11.3 Å². The maximum Gasteiger partial charge on any atom is 0.0500 e. The SMILES string of the molecule is CNCC(=N)C1=C(N)CCCC1. The average molecular weight is 167 g/mol. The van der Waals surface area contributed by atoms with Crippen molar-refractivity contribution in [3.63, 3.8) is 0 Å². The van der Waals surface area contributed by atoms with Crippen molar-refractivity contribution in [3.8, 4) is 0 Å². The lowest BCUT2D eigenvalue weighted by Gasteiger charge is -2.17. The van der Waals surface area contributed by atoms with Crippen molar-refractivity contribution in [2.24, 2.45) is 5.73 Å². The number of allylic oxidation sites excluding steroid dienone is 1. The average Bonchev–Trinajstić information content (AvgIpc) is 2.05. The van der Waals surface area contributed by atoms with Crippen LogP contribution < -0.4 is 11.1 Å². The minimum Gasteiger partial charge on any atom is -0.402 e. The van der Waals surface area contributed by atoms with E-state index in [4.69, 9.17) is 11.1 Å². The molecule has 0 amide bonds. The fourth-order valence-corrected chi connectivity index (χ4v) is 1.56. The molecule has 0 atom stereocenters. The molecule has 0 saturated carbocycles. The summed E-state index contributed by atoms with van der Waals surface area (Å²) in [6.45, 7) is 0.635. The van der Waals surface area contributed by atoms with Crippen LogP contribution in [0.25, 0.3) is 0 Å². The van der Waals surface area contributed by atoms with Crippen molar-refractivity contribution in [1.82, 2.24) is 5.32 Å². The molecule has 1 aliphatic carbocycles. The summed E-state index contributed by atoms with van der Waals surface area (Å²) in [6, 6.07) is 0. The van der Waals surface area contributed by atoms with E-state index in [1.54, 1.807) is 0 Å². The van der Waals surface area contributed by atoms with E-state index in [0.29, 0.717) is 12.3 Å². The molecule has 0 aromatic carbocycles. The van der Waals surface area contributed by atoms with E-state index in [2.05, 4.69) is 5.32 Å². The summed E-state index contributed by atoms with van der Waals surface area (Å²) >= 11 is 0. The predicted octanol–water partition coefficient (Wildman–Crippen LogP) is 1.01. The van der Waals surface area contributed by atoms with Gasteiger partial charge in [-0.2, -0.15) is 0 Å². The van der Waals surface area contributed by atoms with Crippen molar-refractivity contribution >= 4 is 5.71 Å². The Hall–Kier alpha value is -0.830. The second-order valence-electron chi connectivity index (χ2n) is 3.22. The molecule has 0 aromatic heterocycles. The van der Waals surface area contributed by atoms with E-state index < -0.39 is 0 Å². The first-order valence-electron chi connectivity index (χ1n) is 4.45. The molecule has 0 heterocycles. The molecule has 4 N–H and O–H groups in total. The molecule has 1 aliphatic rings. The van der Waals surface area contributed by atoms with E-state index in [-0.39, 0.29) is 0 Å². The minimum atomic E-state index is 0.635. The van der Waals surface area contributed by atoms with Gasteiger partial charge in [0, 0.05) is 12.2 Å². The Labute approximate surface area is 73.5 Å². The van der Waals surface area contributed by atoms with E-state index in [1.165, 1.54) is 12.8 Å². The summed E-state index contributed by atoms with van der Waals surface area (Å²) in [6.07, 6.45) is 4.33. The molecular weight excluding hydrogens is 150 g/mol. The molecule has 0 radical (unpaired) electrons. The molecule has 0 aliphatic heterocycles. The standard InChI is InChI=1S/C9H17N3/c1-12-6-9(11)7-4-2-3-5-8(7)10/h11-12H,2-6,10H2,1H3. The fraction of sp³-hybridized carbons (Fsp3) is 0.667. The van der Waals surface area contributed by atoms with Crippen LogP contribution >= 0.6 is 0 Å². The van der Waals surface area contributed by atoms with E-state index in [0.717, 1.165) is 24.1 Å². The molecule has 0 fully saturated rings. The highest BCUT2D eigenvalue weighted by molar-refractivity contribution is 5.99. The van der Waals surface area contributed by atoms with E-state index >= 15 is 0 Å². The Morgan fingerprint density at radius 2 is 2.17 bits per heavy atom. The highest BCUT2D eigenvalue weighted by Crippen LogP contribution is 2.21. The molecule has 68 valence electrons. The van der Waals surface area contributed by atoms with E-state index in [1.807, 2.05) is 7.05 Å². The summed E-state index contributed by atoms with van der Waals surface area (Å²) < 4.78 is 0. The molecule has 0 unspecified atom stereocenters. The van der Waals surface area contributed by atoms with Crippen LogP contribution in [0.2, 0.25) is 0 Å². The van der Waals surface area contributed by atoms with Gasteiger partial charge in [0.2, 0.25) is 0 Å². The van der Waals surface area contributed by atoms with Gasteiger partial charge in [-0.3, -0.25) is 0 Å². The highest BCUT2D eigenvalue weighted by Gasteiger charge is 2.13. The largest absolute Gasteiger partial charge is 0.402 e. The van der Waals surface area contributed by atoms with Crippen molar-refractivity contribution in [3.05, 3.63) is 11.3 Å². The molecule has 0 aromatic rings. The van der Waals surface area contributed by atoms with Gasteiger partial charge >= 0.3 is 0 Å². The monoisotopic (exact) mass is 167 g/mol. The number of nitrogens with one attached hydrogen (secondary N) is 2. The summed E-state index contributed by atoms with van der Waals surface area (Å²) in [4.78, 5) is 0. The lowest BCUT2D eigenvalue weighted by atomic mass is 9.93. The van der Waals surface area contributed by atoms with Crippen molar-refractivity contribution < 1.29 is 0 Å². The fourth-order valence-electron chi connectivity index (χ4n) is 1.56. The quantitative estimate of drug-likeness (QED) is 0.549. The van der Waals surface area contributed by atoms with Crippen LogP contribution in [0.5, 0.6) is 0 Å². The van der Waals surface area contributed by atoms with Gasteiger partial charge < -0.3 is 16.5 Å². The zero-order valence-corrected chi connectivity index (χ0v) is 7.61. The third kappa shape index (κ3) is 2.08. The summed E-state index contributed by atoms with van der Waals surface area (Å²) in [5.74, 6) is 0. The minimum absolute atomic E-state index is 0.635. The highest BCUT2D eigenvalue weighted by atomic mass is 14.8. The first kappa shape index (κ1) is 9.26. The van der Waals surface area contributed by atoms with Gasteiger partial charge in [0.05, 0.1) is 5.71 Å². The van der Waals surface area contributed by atoms with Crippen molar-refractivity contribution in [1.29, 1.82) is 5.41 Å². The van der Waals surface area contributed by atoms with Crippen molar-refractivity contribution in [2.75, 3.05) is 13.6 Å². The third-order valence-electron chi connectivity index (χ3n) is 2.23. The maximum absolute atomic E-state index is 7.71. The molecule has 3 nitrogen and oxygen atoms in total. The number of rotatable bonds is 3. The summed E-state index contributed by atoms with van der Waals surface area (Å²) in [5, 5.41) is 10.7. The Kier molecular flexibility index (Phi) is 3.29. The molecule has 0 spiro atoms. The first-order chi connectivity index (χ1) is 5.75. The van der Waals surface area contributed by atoms with Gasteiger partial charge in [-0.15, -0.1) is 0 Å². The zero-order chi connectivity index (χ0) is 8.97. The van der Waals surface area contributed by atoms with Crippen molar-refractivity contribution in [2.45, 2.75) is 25.7 Å². The van der Waals surface area contributed by atoms with Gasteiger partial charge in [0.1, 0.15) is 0 Å². The predicted molar refractivity (Wildman–Crippen MR) is 51.3 cm³/mol. The van der Waals surface area contributed by atoms with Gasteiger partial charge in [-0.1, -0.05) is 0 Å². The Bertz CT molecular complexity index is 206. The molecule has 0 bridgehead atoms. The molecular formula is C9H17N3. The molecule has 12 heavy (non-hydrogen) atoms. The van der Waals surface area contributed by atoms with Crippen LogP contribution in [-0.4, -0.2) is 19.3 Å². The van der Waals surface area contributed by atoms with Crippen LogP contribution in [0.3, 0.4) is 0 Å². The van der Waals surface area contributed by atoms with E-state index in [9.17, 15) is 0 Å². The molecule has 0 saturated heterocycles. The van der Waals surface area contributed by atoms with Crippen LogP contribution in [0.1, 0.15) is 25.7 Å². The lowest BCUT2D eigenvalue weighted by Crippen LogP contribution is -2.23. The second-order valence-corrected chi connectivity index (χ2v) is 3.22. The van der Waals surface area contributed by atoms with Gasteiger partial charge in [0.25, 0.3) is 0 Å². The molecule has 1 rings (SSSR count). The van der Waals surface area contributed by atoms with Gasteiger partial charge in [-0.25, -0.2) is 0 Å². The Morgan fingerprint density at radius 1 is 1.50 bits per heavy atom. The van der Waals surface area contributed by atoms with Gasteiger partial charge in [0.15, 0.2) is 0 Å². The topological polar surface area (TPSA) is 61.9 Å². The zero-order valence-electron chi connectivity index (χ0n) is 7.61. The first-order valence-corrected chi connectivity index (χ1v) is 4.45. The maximum atomic E-state index is 7.71. The Morgan fingerprint density at radius 3 is 2.75 bits per heavy atom. The number of nitrogens with two attached hydrogens (primary N) is 1. The summed E-state index contributed by atoms with van der Waals surface area (Å²) in [7, 11) is 1.86. The van der Waals surface area contributed by atoms with Crippen LogP contribution in [0, 0.1) is 5.41 Å². The second kappa shape index (κ2) is 4.26. The third-order valence-corrected chi connectivity index (χ3v) is 2.23. The van der Waals surface area contributed by atoms with Gasteiger partial charge in [-0.05, 0) is 38.3 Å². The number of hydrogen-bond donors (Lipinski definition) is 3. The lowest BCUT2D eigenvalue weighted by molar-refractivity contribution is 0.679. The number of hydrogen-bond acceptors (Lipinski definition) is 3. The summed E-state index contributed by atoms with van der Waals surface area (Å²) in [5.41, 5.74) is 8.49. The van der Waals surface area contributed by atoms with Crippen LogP contribution in [0.4, 0.5) is 0 Å². The van der Waals surface area contributed by atoms with Crippen LogP contribution in [-0.2, 0) is 0 Å². The Balaban J connectivity index is 2.64. The smallest absolute Gasteiger partial charge is 0.0500 e. The normalized spacial score (nSPS) is 18.1. The molecule has 3 heteroatoms.